The summed E-state index contributed by atoms with van der Waals surface area (Å²) < 4.78 is 19.8. The zero-order valence-electron chi connectivity index (χ0n) is 6.07. The quantitative estimate of drug-likeness (QED) is 0.542. The molecule has 0 aromatic carbocycles. The minimum absolute atomic E-state index is 0.107. The molecule has 0 saturated carbocycles. The molecule has 1 heterocycles. The molecule has 4 nitrogen and oxygen atoms in total. The molecule has 0 bridgehead atoms. The van der Waals surface area contributed by atoms with Crippen LogP contribution in [0.4, 0.5) is 0 Å². The molecule has 3 atom stereocenters. The highest BCUT2D eigenvalue weighted by molar-refractivity contribution is 7.47. The van der Waals surface area contributed by atoms with E-state index >= 15 is 0 Å². The lowest BCUT2D eigenvalue weighted by atomic mass is 10.2. The van der Waals surface area contributed by atoms with Crippen molar-refractivity contribution >= 4 is 19.4 Å². The molecule has 66 valence electrons. The second-order valence-electron chi connectivity index (χ2n) is 2.33. The summed E-state index contributed by atoms with van der Waals surface area (Å²) in [7, 11) is -3.75. The SMILES string of the molecule is CCC(Cl)C1COP(=O)(O)O1. The van der Waals surface area contributed by atoms with Gasteiger partial charge in [-0.05, 0) is 6.42 Å². The van der Waals surface area contributed by atoms with Gasteiger partial charge in [-0.2, -0.15) is 0 Å². The molecule has 11 heavy (non-hydrogen) atoms. The first-order valence-corrected chi connectivity index (χ1v) is 5.28. The Morgan fingerprint density at radius 2 is 2.55 bits per heavy atom. The monoisotopic (exact) mass is 200 g/mol. The van der Waals surface area contributed by atoms with Crippen molar-refractivity contribution in [1.29, 1.82) is 0 Å². The molecule has 3 unspecified atom stereocenters. The van der Waals surface area contributed by atoms with Crippen LogP contribution in [0.25, 0.3) is 0 Å². The smallest absolute Gasteiger partial charge is 0.302 e. The largest absolute Gasteiger partial charge is 0.472 e. The summed E-state index contributed by atoms with van der Waals surface area (Å²) in [6.45, 7) is 1.98. The van der Waals surface area contributed by atoms with Crippen LogP contribution in [0.1, 0.15) is 13.3 Å². The summed E-state index contributed by atoms with van der Waals surface area (Å²) in [4.78, 5) is 8.76. The second-order valence-corrected chi connectivity index (χ2v) is 4.30. The van der Waals surface area contributed by atoms with Crippen molar-refractivity contribution in [1.82, 2.24) is 0 Å². The minimum atomic E-state index is -3.75. The van der Waals surface area contributed by atoms with Crippen LogP contribution in [0.15, 0.2) is 0 Å². The summed E-state index contributed by atoms with van der Waals surface area (Å²) in [6, 6.07) is 0. The lowest BCUT2D eigenvalue weighted by molar-refractivity contribution is 0.207. The molecule has 1 fully saturated rings. The first-order valence-electron chi connectivity index (χ1n) is 3.35. The molecule has 0 spiro atoms. The average Bonchev–Trinajstić information content (AvgIpc) is 2.29. The molecule has 1 rings (SSSR count). The predicted octanol–water partition coefficient (Wildman–Crippen LogP) is 1.52. The first kappa shape index (κ1) is 9.49. The van der Waals surface area contributed by atoms with Crippen molar-refractivity contribution < 1.29 is 18.5 Å². The maximum atomic E-state index is 10.7. The molecular weight excluding hydrogens is 190 g/mol. The minimum Gasteiger partial charge on any atom is -0.302 e. The Kier molecular flexibility index (Phi) is 2.95. The lowest BCUT2D eigenvalue weighted by Gasteiger charge is -2.11. The maximum Gasteiger partial charge on any atom is 0.472 e. The molecule has 0 radical (unpaired) electrons. The van der Waals surface area contributed by atoms with E-state index in [1.54, 1.807) is 0 Å². The van der Waals surface area contributed by atoms with Crippen molar-refractivity contribution in [2.45, 2.75) is 24.8 Å². The van der Waals surface area contributed by atoms with Crippen molar-refractivity contribution in [2.75, 3.05) is 6.61 Å². The van der Waals surface area contributed by atoms with E-state index in [1.807, 2.05) is 6.92 Å². The Morgan fingerprint density at radius 1 is 1.91 bits per heavy atom. The highest BCUT2D eigenvalue weighted by Crippen LogP contribution is 2.50. The van der Waals surface area contributed by atoms with Crippen LogP contribution in [-0.2, 0) is 13.6 Å². The zero-order valence-corrected chi connectivity index (χ0v) is 7.72. The summed E-state index contributed by atoms with van der Waals surface area (Å²) in [6.07, 6.45) is 0.243. The van der Waals surface area contributed by atoms with Crippen LogP contribution in [0.5, 0.6) is 0 Å². The van der Waals surface area contributed by atoms with Gasteiger partial charge in [0.15, 0.2) is 0 Å². The third-order valence-electron chi connectivity index (χ3n) is 1.46. The van der Waals surface area contributed by atoms with Gasteiger partial charge in [0.25, 0.3) is 0 Å². The fraction of sp³-hybridized carbons (Fsp3) is 1.00. The molecule has 1 N–H and O–H groups in total. The first-order chi connectivity index (χ1) is 5.05. The van der Waals surface area contributed by atoms with Gasteiger partial charge in [0.1, 0.15) is 6.10 Å². The van der Waals surface area contributed by atoms with Gasteiger partial charge in [-0.15, -0.1) is 11.6 Å². The van der Waals surface area contributed by atoms with Crippen molar-refractivity contribution in [3.8, 4) is 0 Å². The van der Waals surface area contributed by atoms with E-state index in [9.17, 15) is 4.57 Å². The van der Waals surface area contributed by atoms with E-state index in [-0.39, 0.29) is 12.0 Å². The lowest BCUT2D eigenvalue weighted by Crippen LogP contribution is -2.21. The summed E-state index contributed by atoms with van der Waals surface area (Å²) >= 11 is 5.76. The van der Waals surface area contributed by atoms with E-state index in [0.29, 0.717) is 6.42 Å². The topological polar surface area (TPSA) is 55.8 Å². The van der Waals surface area contributed by atoms with Crippen molar-refractivity contribution in [3.05, 3.63) is 0 Å². The Balaban J connectivity index is 2.48. The molecule has 0 aromatic heterocycles. The van der Waals surface area contributed by atoms with Gasteiger partial charge in [-0.1, -0.05) is 6.92 Å². The van der Waals surface area contributed by atoms with Crippen LogP contribution < -0.4 is 0 Å². The summed E-state index contributed by atoms with van der Waals surface area (Å²) in [5.74, 6) is 0. The van der Waals surface area contributed by atoms with Gasteiger partial charge in [0.2, 0.25) is 0 Å². The van der Waals surface area contributed by atoms with E-state index < -0.39 is 13.9 Å². The van der Waals surface area contributed by atoms with Gasteiger partial charge in [-0.3, -0.25) is 9.05 Å². The van der Waals surface area contributed by atoms with Crippen LogP contribution in [0.3, 0.4) is 0 Å². The van der Waals surface area contributed by atoms with Crippen LogP contribution in [0, 0.1) is 0 Å². The van der Waals surface area contributed by atoms with Gasteiger partial charge < -0.3 is 4.89 Å². The fourth-order valence-corrected chi connectivity index (χ4v) is 1.97. The molecule has 0 aliphatic carbocycles. The molecular formula is C5H10ClO4P. The number of halogens is 1. The van der Waals surface area contributed by atoms with Crippen molar-refractivity contribution in [2.24, 2.45) is 0 Å². The number of phosphoric ester groups is 1. The van der Waals surface area contributed by atoms with Gasteiger partial charge in [0, 0.05) is 0 Å². The molecule has 6 heteroatoms. The van der Waals surface area contributed by atoms with Gasteiger partial charge in [0.05, 0.1) is 12.0 Å². The number of alkyl halides is 1. The molecule has 0 aromatic rings. The Hall–Kier alpha value is 0.400. The number of hydrogen-bond acceptors (Lipinski definition) is 3. The van der Waals surface area contributed by atoms with E-state index in [2.05, 4.69) is 9.05 Å². The zero-order chi connectivity index (χ0) is 8.48. The third-order valence-corrected chi connectivity index (χ3v) is 3.07. The molecule has 1 aliphatic heterocycles. The predicted molar refractivity (Wildman–Crippen MR) is 40.6 cm³/mol. The van der Waals surface area contributed by atoms with Gasteiger partial charge >= 0.3 is 7.82 Å². The van der Waals surface area contributed by atoms with Crippen LogP contribution in [0.2, 0.25) is 0 Å². The van der Waals surface area contributed by atoms with E-state index in [1.165, 1.54) is 0 Å². The fourth-order valence-electron chi connectivity index (χ4n) is 0.833. The number of rotatable bonds is 2. The number of phosphoric acid groups is 1. The maximum absolute atomic E-state index is 10.7. The van der Waals surface area contributed by atoms with Crippen molar-refractivity contribution in [3.63, 3.8) is 0 Å². The second kappa shape index (κ2) is 3.42. The standard InChI is InChI=1S/C5H10ClO4P/c1-2-4(6)5-3-9-11(7,8)10-5/h4-5H,2-3H2,1H3,(H,7,8). The van der Waals surface area contributed by atoms with E-state index in [4.69, 9.17) is 16.5 Å². The number of hydrogen-bond donors (Lipinski definition) is 1. The molecule has 1 saturated heterocycles. The van der Waals surface area contributed by atoms with Crippen LogP contribution in [-0.4, -0.2) is 23.0 Å². The third kappa shape index (κ3) is 2.42. The van der Waals surface area contributed by atoms with Crippen LogP contribution >= 0.6 is 19.4 Å². The molecule has 1 aliphatic rings. The highest BCUT2D eigenvalue weighted by Gasteiger charge is 2.38. The summed E-state index contributed by atoms with van der Waals surface area (Å²) in [5, 5.41) is -0.252. The highest BCUT2D eigenvalue weighted by atomic mass is 35.5. The normalized spacial score (nSPS) is 40.8. The Bertz CT molecular complexity index is 185. The Morgan fingerprint density at radius 3 is 2.91 bits per heavy atom. The van der Waals surface area contributed by atoms with Gasteiger partial charge in [-0.25, -0.2) is 4.57 Å². The van der Waals surface area contributed by atoms with E-state index in [0.717, 1.165) is 0 Å². The Labute approximate surface area is 70.1 Å². The molecule has 0 amide bonds. The summed E-state index contributed by atoms with van der Waals surface area (Å²) in [5.41, 5.74) is 0. The average molecular weight is 201 g/mol.